The van der Waals surface area contributed by atoms with Gasteiger partial charge in [-0.2, -0.15) is 0 Å². The number of aromatic nitrogens is 3. The lowest BCUT2D eigenvalue weighted by Crippen LogP contribution is -2.46. The van der Waals surface area contributed by atoms with Crippen LogP contribution in [0.2, 0.25) is 0 Å². The van der Waals surface area contributed by atoms with Gasteiger partial charge in [-0.1, -0.05) is 12.1 Å². The molecule has 10 nitrogen and oxygen atoms in total. The molecule has 3 heterocycles. The summed E-state index contributed by atoms with van der Waals surface area (Å²) in [5.74, 6) is -0.344. The van der Waals surface area contributed by atoms with Gasteiger partial charge in [0.05, 0.1) is 34.9 Å². The van der Waals surface area contributed by atoms with Crippen molar-refractivity contribution < 1.29 is 25.2 Å². The molecule has 3 atom stereocenters. The van der Waals surface area contributed by atoms with E-state index in [-0.39, 0.29) is 25.5 Å². The molecule has 3 aromatic heterocycles. The Morgan fingerprint density at radius 2 is 1.43 bits per heavy atom. The Morgan fingerprint density at radius 3 is 1.89 bits per heavy atom. The van der Waals surface area contributed by atoms with Crippen LogP contribution in [0.4, 0.5) is 0 Å². The minimum absolute atomic E-state index is 0.0681. The quantitative estimate of drug-likeness (QED) is 0.250. The standard InChI is InChI=1S/C27H35N5O5/c1-2-32(19-25(35)26(36)24(34)11-14-33)27(37)20-9-10-23(30-15-20)18-31(16-21-7-3-5-12-28-21)17-22-8-4-6-13-29-22/h3-10,12-13,15,24-26,33-36H,2,11,14,16-19H2,1H3. The SMILES string of the molecule is CCN(CC(O)C(O)C(O)CCO)C(=O)c1ccc(CN(Cc2ccccn2)Cc2ccccn2)nc1. The number of pyridine rings is 3. The first-order valence-corrected chi connectivity index (χ1v) is 12.3. The van der Waals surface area contributed by atoms with Crippen LogP contribution in [0.3, 0.4) is 0 Å². The maximum Gasteiger partial charge on any atom is 0.255 e. The predicted octanol–water partition coefficient (Wildman–Crippen LogP) is 1.00. The van der Waals surface area contributed by atoms with E-state index in [9.17, 15) is 20.1 Å². The number of rotatable bonds is 14. The molecule has 3 rings (SSSR count). The third-order valence-electron chi connectivity index (χ3n) is 5.97. The van der Waals surface area contributed by atoms with Gasteiger partial charge in [0.2, 0.25) is 0 Å². The summed E-state index contributed by atoms with van der Waals surface area (Å²) in [7, 11) is 0. The highest BCUT2D eigenvalue weighted by molar-refractivity contribution is 5.93. The van der Waals surface area contributed by atoms with Crippen LogP contribution in [0.15, 0.2) is 67.1 Å². The normalized spacial score (nSPS) is 13.8. The van der Waals surface area contributed by atoms with Crippen LogP contribution >= 0.6 is 0 Å². The molecule has 0 aliphatic rings. The van der Waals surface area contributed by atoms with E-state index in [0.717, 1.165) is 17.1 Å². The lowest BCUT2D eigenvalue weighted by molar-refractivity contribution is -0.0720. The monoisotopic (exact) mass is 509 g/mol. The van der Waals surface area contributed by atoms with Gasteiger partial charge in [-0.25, -0.2) is 0 Å². The fourth-order valence-corrected chi connectivity index (χ4v) is 3.91. The number of carbonyl (C=O) groups is 1. The highest BCUT2D eigenvalue weighted by Crippen LogP contribution is 2.14. The fourth-order valence-electron chi connectivity index (χ4n) is 3.91. The number of carbonyl (C=O) groups excluding carboxylic acids is 1. The average molecular weight is 510 g/mol. The Bertz CT molecular complexity index is 1030. The fraction of sp³-hybridized carbons (Fsp3) is 0.407. The van der Waals surface area contributed by atoms with Gasteiger partial charge in [-0.05, 0) is 49.7 Å². The Morgan fingerprint density at radius 1 is 0.838 bits per heavy atom. The Kier molecular flexibility index (Phi) is 11.1. The van der Waals surface area contributed by atoms with Crippen LogP contribution in [-0.4, -0.2) is 89.1 Å². The second-order valence-electron chi connectivity index (χ2n) is 8.81. The van der Waals surface area contributed by atoms with E-state index >= 15 is 0 Å². The summed E-state index contributed by atoms with van der Waals surface area (Å²) in [6.07, 6.45) is 0.842. The summed E-state index contributed by atoms with van der Waals surface area (Å²) in [4.78, 5) is 29.9. The zero-order chi connectivity index (χ0) is 26.6. The first-order valence-electron chi connectivity index (χ1n) is 12.3. The van der Waals surface area contributed by atoms with Crippen molar-refractivity contribution in [3.8, 4) is 0 Å². The summed E-state index contributed by atoms with van der Waals surface area (Å²) in [6.45, 7) is 3.30. The lowest BCUT2D eigenvalue weighted by atomic mass is 10.0. The van der Waals surface area contributed by atoms with E-state index in [0.29, 0.717) is 31.7 Å². The molecule has 37 heavy (non-hydrogen) atoms. The van der Waals surface area contributed by atoms with Crippen molar-refractivity contribution in [2.24, 2.45) is 0 Å². The number of hydrogen-bond donors (Lipinski definition) is 4. The molecule has 0 aliphatic carbocycles. The van der Waals surface area contributed by atoms with E-state index in [1.807, 2.05) is 36.4 Å². The Hall–Kier alpha value is -3.28. The van der Waals surface area contributed by atoms with Gasteiger partial charge >= 0.3 is 0 Å². The van der Waals surface area contributed by atoms with E-state index < -0.39 is 18.3 Å². The molecule has 0 saturated heterocycles. The van der Waals surface area contributed by atoms with E-state index in [1.54, 1.807) is 31.5 Å². The maximum absolute atomic E-state index is 13.0. The minimum atomic E-state index is -1.47. The van der Waals surface area contributed by atoms with Crippen LogP contribution in [0.5, 0.6) is 0 Å². The van der Waals surface area contributed by atoms with Crippen molar-refractivity contribution in [2.45, 2.75) is 51.3 Å². The maximum atomic E-state index is 13.0. The van der Waals surface area contributed by atoms with Gasteiger partial charge in [-0.3, -0.25) is 24.6 Å². The summed E-state index contributed by atoms with van der Waals surface area (Å²) >= 11 is 0. The molecule has 0 spiro atoms. The lowest BCUT2D eigenvalue weighted by Gasteiger charge is -2.28. The van der Waals surface area contributed by atoms with Crippen molar-refractivity contribution in [3.05, 3.63) is 89.8 Å². The second kappa shape index (κ2) is 14.5. The van der Waals surface area contributed by atoms with Crippen molar-refractivity contribution >= 4 is 5.91 Å². The first kappa shape index (κ1) is 28.3. The highest BCUT2D eigenvalue weighted by atomic mass is 16.4. The molecule has 198 valence electrons. The highest BCUT2D eigenvalue weighted by Gasteiger charge is 2.27. The molecular weight excluding hydrogens is 474 g/mol. The third-order valence-corrected chi connectivity index (χ3v) is 5.97. The number of amides is 1. The van der Waals surface area contributed by atoms with Crippen molar-refractivity contribution in [2.75, 3.05) is 19.7 Å². The van der Waals surface area contributed by atoms with Crippen molar-refractivity contribution in [1.29, 1.82) is 0 Å². The Labute approximate surface area is 216 Å². The zero-order valence-corrected chi connectivity index (χ0v) is 21.0. The molecule has 3 unspecified atom stereocenters. The van der Waals surface area contributed by atoms with Crippen LogP contribution in [0.25, 0.3) is 0 Å². The first-order chi connectivity index (χ1) is 17.9. The van der Waals surface area contributed by atoms with Gasteiger partial charge < -0.3 is 25.3 Å². The van der Waals surface area contributed by atoms with Crippen LogP contribution in [-0.2, 0) is 19.6 Å². The molecule has 0 aliphatic heterocycles. The zero-order valence-electron chi connectivity index (χ0n) is 21.0. The van der Waals surface area contributed by atoms with Gasteiger partial charge in [0, 0.05) is 57.9 Å². The molecule has 0 saturated carbocycles. The topological polar surface area (TPSA) is 143 Å². The largest absolute Gasteiger partial charge is 0.396 e. The van der Waals surface area contributed by atoms with Gasteiger partial charge in [0.25, 0.3) is 5.91 Å². The smallest absolute Gasteiger partial charge is 0.255 e. The molecule has 0 bridgehead atoms. The summed E-state index contributed by atoms with van der Waals surface area (Å²) < 4.78 is 0. The number of hydrogen-bond acceptors (Lipinski definition) is 9. The molecule has 10 heteroatoms. The van der Waals surface area contributed by atoms with E-state index in [1.165, 1.54) is 11.1 Å². The Balaban J connectivity index is 1.67. The summed E-state index contributed by atoms with van der Waals surface area (Å²) in [5, 5.41) is 39.1. The third kappa shape index (κ3) is 8.66. The van der Waals surface area contributed by atoms with Crippen LogP contribution < -0.4 is 0 Å². The number of aliphatic hydroxyl groups is 4. The predicted molar refractivity (Wildman–Crippen MR) is 137 cm³/mol. The average Bonchev–Trinajstić information content (AvgIpc) is 2.92. The van der Waals surface area contributed by atoms with Crippen LogP contribution in [0, 0.1) is 0 Å². The van der Waals surface area contributed by atoms with Gasteiger partial charge in [0.15, 0.2) is 0 Å². The minimum Gasteiger partial charge on any atom is -0.396 e. The second-order valence-corrected chi connectivity index (χ2v) is 8.81. The number of likely N-dealkylation sites (N-methyl/N-ethyl adjacent to an activating group) is 1. The molecule has 0 aromatic carbocycles. The number of nitrogens with zero attached hydrogens (tertiary/aromatic N) is 5. The van der Waals surface area contributed by atoms with Gasteiger partial charge in [0.1, 0.15) is 6.10 Å². The molecule has 0 radical (unpaired) electrons. The number of aliphatic hydroxyl groups excluding tert-OH is 4. The summed E-state index contributed by atoms with van der Waals surface area (Å²) in [6, 6.07) is 15.1. The van der Waals surface area contributed by atoms with Gasteiger partial charge in [-0.15, -0.1) is 0 Å². The molecule has 4 N–H and O–H groups in total. The molecular formula is C27H35N5O5. The van der Waals surface area contributed by atoms with Crippen molar-refractivity contribution in [1.82, 2.24) is 24.8 Å². The molecule has 3 aromatic rings. The van der Waals surface area contributed by atoms with Crippen molar-refractivity contribution in [3.63, 3.8) is 0 Å². The van der Waals surface area contributed by atoms with Crippen LogP contribution in [0.1, 0.15) is 40.8 Å². The molecule has 1 amide bonds. The molecule has 0 fully saturated rings. The van der Waals surface area contributed by atoms with E-state index in [4.69, 9.17) is 5.11 Å². The van der Waals surface area contributed by atoms with E-state index in [2.05, 4.69) is 19.9 Å². The summed E-state index contributed by atoms with van der Waals surface area (Å²) in [5.41, 5.74) is 2.97.